The number of hydrogen-bond acceptors (Lipinski definition) is 3. The molecule has 0 radical (unpaired) electrons. The van der Waals surface area contributed by atoms with E-state index >= 15 is 0 Å². The summed E-state index contributed by atoms with van der Waals surface area (Å²) < 4.78 is 13.0. The van der Waals surface area contributed by atoms with Gasteiger partial charge in [0.05, 0.1) is 6.10 Å². The van der Waals surface area contributed by atoms with E-state index in [0.29, 0.717) is 42.8 Å². The summed E-state index contributed by atoms with van der Waals surface area (Å²) in [6.45, 7) is 2.53. The number of aliphatic hydroxyl groups is 1. The number of likely N-dealkylation sites (tertiary alicyclic amines) is 1. The van der Waals surface area contributed by atoms with Crippen molar-refractivity contribution in [2.75, 3.05) is 13.1 Å². The average Bonchev–Trinajstić information content (AvgIpc) is 3.12. The van der Waals surface area contributed by atoms with Crippen LogP contribution in [0.1, 0.15) is 52.3 Å². The first-order chi connectivity index (χ1) is 12.0. The molecule has 0 aliphatic carbocycles. The van der Waals surface area contributed by atoms with Gasteiger partial charge in [-0.1, -0.05) is 12.1 Å². The third-order valence-corrected chi connectivity index (χ3v) is 4.80. The first-order valence-electron chi connectivity index (χ1n) is 8.38. The van der Waals surface area contributed by atoms with Crippen LogP contribution in [0.3, 0.4) is 0 Å². The maximum Gasteiger partial charge on any atom is 0.270 e. The molecule has 1 aromatic carbocycles. The van der Waals surface area contributed by atoms with Gasteiger partial charge in [0, 0.05) is 24.8 Å². The van der Waals surface area contributed by atoms with E-state index in [9.17, 15) is 19.1 Å². The molecule has 1 amide bonds. The Morgan fingerprint density at radius 2 is 1.88 bits per heavy atom. The Morgan fingerprint density at radius 1 is 1.24 bits per heavy atom. The second-order valence-corrected chi connectivity index (χ2v) is 6.48. The van der Waals surface area contributed by atoms with Gasteiger partial charge < -0.3 is 15.0 Å². The van der Waals surface area contributed by atoms with Crippen LogP contribution in [0.25, 0.3) is 0 Å². The molecular weight excluding hydrogens is 323 g/mol. The van der Waals surface area contributed by atoms with Crippen molar-refractivity contribution in [3.05, 3.63) is 59.2 Å². The van der Waals surface area contributed by atoms with E-state index in [4.69, 9.17) is 0 Å². The number of carbonyl (C=O) groups is 2. The summed E-state index contributed by atoms with van der Waals surface area (Å²) in [4.78, 5) is 28.4. The summed E-state index contributed by atoms with van der Waals surface area (Å²) in [7, 11) is 0. The van der Waals surface area contributed by atoms with Crippen molar-refractivity contribution in [2.24, 2.45) is 5.92 Å². The van der Waals surface area contributed by atoms with Crippen LogP contribution in [-0.4, -0.2) is 39.8 Å². The number of nitrogens with one attached hydrogen (secondary N) is 1. The fourth-order valence-corrected chi connectivity index (χ4v) is 3.24. The van der Waals surface area contributed by atoms with Gasteiger partial charge in [0.15, 0.2) is 5.78 Å². The lowest BCUT2D eigenvalue weighted by Crippen LogP contribution is -2.39. The summed E-state index contributed by atoms with van der Waals surface area (Å²) in [6.07, 6.45) is 2.23. The molecular formula is C19H21FN2O3. The Kier molecular flexibility index (Phi) is 4.99. The summed E-state index contributed by atoms with van der Waals surface area (Å²) in [5.74, 6) is -0.517. The Hall–Kier alpha value is -2.47. The second-order valence-electron chi connectivity index (χ2n) is 6.48. The summed E-state index contributed by atoms with van der Waals surface area (Å²) >= 11 is 0. The van der Waals surface area contributed by atoms with E-state index in [1.807, 2.05) is 0 Å². The second kappa shape index (κ2) is 7.19. The molecule has 3 rings (SSSR count). The van der Waals surface area contributed by atoms with Gasteiger partial charge >= 0.3 is 0 Å². The van der Waals surface area contributed by atoms with Gasteiger partial charge in [-0.15, -0.1) is 0 Å². The molecule has 0 bridgehead atoms. The number of ketones is 1. The van der Waals surface area contributed by atoms with E-state index in [1.54, 1.807) is 29.3 Å². The number of carbonyl (C=O) groups excluding carboxylic acids is 2. The number of rotatable bonds is 4. The van der Waals surface area contributed by atoms with Crippen LogP contribution in [0.4, 0.5) is 4.39 Å². The summed E-state index contributed by atoms with van der Waals surface area (Å²) in [6, 6.07) is 7.45. The van der Waals surface area contributed by atoms with Gasteiger partial charge in [-0.3, -0.25) is 9.59 Å². The first-order valence-corrected chi connectivity index (χ1v) is 8.38. The maximum absolute atomic E-state index is 13.0. The highest BCUT2D eigenvalue weighted by molar-refractivity contribution is 5.99. The Morgan fingerprint density at radius 3 is 2.44 bits per heavy atom. The van der Waals surface area contributed by atoms with Gasteiger partial charge in [0.1, 0.15) is 11.5 Å². The molecule has 1 aromatic heterocycles. The number of Topliss-reactive ketones (excluding diaryl/α,β-unsaturated/α-hetero) is 1. The number of piperidine rings is 1. The Labute approximate surface area is 145 Å². The molecule has 132 valence electrons. The van der Waals surface area contributed by atoms with Gasteiger partial charge in [-0.25, -0.2) is 4.39 Å². The van der Waals surface area contributed by atoms with Crippen LogP contribution in [0.2, 0.25) is 0 Å². The van der Waals surface area contributed by atoms with Crippen LogP contribution < -0.4 is 0 Å². The van der Waals surface area contributed by atoms with Gasteiger partial charge in [-0.05, 0) is 49.4 Å². The van der Waals surface area contributed by atoms with Crippen molar-refractivity contribution in [1.82, 2.24) is 9.88 Å². The van der Waals surface area contributed by atoms with Crippen LogP contribution in [0.15, 0.2) is 36.5 Å². The van der Waals surface area contributed by atoms with E-state index in [1.165, 1.54) is 19.1 Å². The average molecular weight is 344 g/mol. The lowest BCUT2D eigenvalue weighted by molar-refractivity contribution is 0.0459. The number of aliphatic hydroxyl groups excluding tert-OH is 1. The van der Waals surface area contributed by atoms with E-state index in [-0.39, 0.29) is 23.4 Å². The molecule has 0 spiro atoms. The largest absolute Gasteiger partial charge is 0.388 e. The smallest absolute Gasteiger partial charge is 0.270 e. The molecule has 2 heterocycles. The van der Waals surface area contributed by atoms with Crippen LogP contribution in [0, 0.1) is 11.7 Å². The Bertz CT molecular complexity index is 761. The number of amides is 1. The Balaban J connectivity index is 1.60. The van der Waals surface area contributed by atoms with Gasteiger partial charge in [0.2, 0.25) is 0 Å². The van der Waals surface area contributed by atoms with E-state index in [2.05, 4.69) is 4.98 Å². The minimum atomic E-state index is -0.660. The molecule has 5 nitrogen and oxygen atoms in total. The number of aromatic nitrogens is 1. The summed E-state index contributed by atoms with van der Waals surface area (Å²) in [5, 5.41) is 10.5. The molecule has 0 saturated carbocycles. The normalized spacial score (nSPS) is 16.7. The molecule has 1 fully saturated rings. The fourth-order valence-electron chi connectivity index (χ4n) is 3.24. The van der Waals surface area contributed by atoms with Crippen LogP contribution in [0.5, 0.6) is 0 Å². The van der Waals surface area contributed by atoms with Gasteiger partial charge in [0.25, 0.3) is 5.91 Å². The molecule has 1 unspecified atom stereocenters. The van der Waals surface area contributed by atoms with Crippen molar-refractivity contribution in [3.63, 3.8) is 0 Å². The number of halogens is 1. The molecule has 1 atom stereocenters. The molecule has 1 saturated heterocycles. The maximum atomic E-state index is 13.0. The van der Waals surface area contributed by atoms with Crippen molar-refractivity contribution >= 4 is 11.7 Å². The minimum absolute atomic E-state index is 0.0333. The molecule has 6 heteroatoms. The fraction of sp³-hybridized carbons (Fsp3) is 0.368. The SMILES string of the molecule is CC(=O)c1c[nH]c(C(=O)N2CCC(C(O)c3ccc(F)cc3)CC2)c1. The highest BCUT2D eigenvalue weighted by atomic mass is 19.1. The monoisotopic (exact) mass is 344 g/mol. The predicted molar refractivity (Wildman–Crippen MR) is 90.8 cm³/mol. The topological polar surface area (TPSA) is 73.4 Å². The molecule has 2 aromatic rings. The zero-order valence-electron chi connectivity index (χ0n) is 14.0. The standard InChI is InChI=1S/C19H21FN2O3/c1-12(23)15-10-17(21-11-15)19(25)22-8-6-14(7-9-22)18(24)13-2-4-16(20)5-3-13/h2-5,10-11,14,18,21,24H,6-9H2,1H3. The van der Waals surface area contributed by atoms with Crippen molar-refractivity contribution in [3.8, 4) is 0 Å². The van der Waals surface area contributed by atoms with Crippen molar-refractivity contribution in [1.29, 1.82) is 0 Å². The lowest BCUT2D eigenvalue weighted by Gasteiger charge is -2.34. The number of benzene rings is 1. The zero-order chi connectivity index (χ0) is 18.0. The number of H-pyrrole nitrogens is 1. The number of nitrogens with zero attached hydrogens (tertiary/aromatic N) is 1. The molecule has 25 heavy (non-hydrogen) atoms. The number of hydrogen-bond donors (Lipinski definition) is 2. The zero-order valence-corrected chi connectivity index (χ0v) is 14.0. The van der Waals surface area contributed by atoms with Crippen molar-refractivity contribution < 1.29 is 19.1 Å². The molecule has 1 aliphatic heterocycles. The first kappa shape index (κ1) is 17.4. The van der Waals surface area contributed by atoms with Crippen LogP contribution in [-0.2, 0) is 0 Å². The van der Waals surface area contributed by atoms with E-state index < -0.39 is 6.10 Å². The predicted octanol–water partition coefficient (Wildman–Crippen LogP) is 2.94. The quantitative estimate of drug-likeness (QED) is 0.838. The number of aromatic amines is 1. The third kappa shape index (κ3) is 3.79. The minimum Gasteiger partial charge on any atom is -0.388 e. The van der Waals surface area contributed by atoms with Gasteiger partial charge in [-0.2, -0.15) is 0 Å². The third-order valence-electron chi connectivity index (χ3n) is 4.80. The summed E-state index contributed by atoms with van der Waals surface area (Å²) in [5.41, 5.74) is 1.59. The van der Waals surface area contributed by atoms with E-state index in [0.717, 1.165) is 0 Å². The molecule has 1 aliphatic rings. The highest BCUT2D eigenvalue weighted by Crippen LogP contribution is 2.31. The van der Waals surface area contributed by atoms with Crippen molar-refractivity contribution in [2.45, 2.75) is 25.9 Å². The van der Waals surface area contributed by atoms with Crippen LogP contribution >= 0.6 is 0 Å². The molecule has 2 N–H and O–H groups in total. The lowest BCUT2D eigenvalue weighted by atomic mass is 9.87. The highest BCUT2D eigenvalue weighted by Gasteiger charge is 2.29.